The van der Waals surface area contributed by atoms with Crippen LogP contribution in [0.5, 0.6) is 0 Å². The lowest BCUT2D eigenvalue weighted by Crippen LogP contribution is -2.25. The van der Waals surface area contributed by atoms with Crippen molar-refractivity contribution in [3.05, 3.63) is 94.9 Å². The number of hydrogen-bond donors (Lipinski definition) is 2. The molecule has 0 bridgehead atoms. The molecule has 1 aliphatic heterocycles. The first-order chi connectivity index (χ1) is 13.6. The number of fused-ring (bicyclic) bond motifs is 1. The van der Waals surface area contributed by atoms with E-state index in [1.807, 2.05) is 6.20 Å². The zero-order valence-electron chi connectivity index (χ0n) is 16.9. The number of aromatic nitrogens is 1. The van der Waals surface area contributed by atoms with Crippen LogP contribution >= 0.6 is 0 Å². The van der Waals surface area contributed by atoms with Gasteiger partial charge in [-0.3, -0.25) is 0 Å². The van der Waals surface area contributed by atoms with Gasteiger partial charge in [-0.25, -0.2) is 0 Å². The summed E-state index contributed by atoms with van der Waals surface area (Å²) in [4.78, 5) is 7.89. The summed E-state index contributed by atoms with van der Waals surface area (Å²) in [6, 6.07) is 19.7. The Labute approximate surface area is 167 Å². The van der Waals surface area contributed by atoms with E-state index in [-0.39, 0.29) is 0 Å². The van der Waals surface area contributed by atoms with E-state index in [1.54, 1.807) is 0 Å². The van der Waals surface area contributed by atoms with Gasteiger partial charge in [-0.1, -0.05) is 42.0 Å². The van der Waals surface area contributed by atoms with Gasteiger partial charge in [0, 0.05) is 42.4 Å². The highest BCUT2D eigenvalue weighted by Gasteiger charge is 2.19. The Hall–Kier alpha value is -2.98. The second-order valence-corrected chi connectivity index (χ2v) is 7.79. The van der Waals surface area contributed by atoms with E-state index in [9.17, 15) is 0 Å². The van der Waals surface area contributed by atoms with Gasteiger partial charge in [-0.05, 0) is 50.3 Å². The highest BCUT2D eigenvalue weighted by atomic mass is 15.1. The van der Waals surface area contributed by atoms with Gasteiger partial charge in [0.05, 0.1) is 12.2 Å². The average Bonchev–Trinajstić information content (AvgIpc) is 3.15. The lowest BCUT2D eigenvalue weighted by molar-refractivity contribution is 0.402. The fourth-order valence-electron chi connectivity index (χ4n) is 3.71. The molecule has 1 aromatic heterocycles. The van der Waals surface area contributed by atoms with Crippen LogP contribution in [0, 0.1) is 6.92 Å². The number of nitrogens with one attached hydrogen (secondary N) is 2. The van der Waals surface area contributed by atoms with Crippen LogP contribution in [-0.2, 0) is 19.6 Å². The van der Waals surface area contributed by atoms with Crippen molar-refractivity contribution in [2.24, 2.45) is 0 Å². The molecule has 2 aromatic carbocycles. The van der Waals surface area contributed by atoms with Crippen LogP contribution in [0.4, 0.5) is 5.69 Å². The summed E-state index contributed by atoms with van der Waals surface area (Å²) in [6.45, 7) is 4.76. The summed E-state index contributed by atoms with van der Waals surface area (Å²) < 4.78 is 0. The molecule has 0 spiro atoms. The van der Waals surface area contributed by atoms with Crippen LogP contribution < -0.4 is 10.2 Å². The van der Waals surface area contributed by atoms with Gasteiger partial charge in [0.25, 0.3) is 0 Å². The van der Waals surface area contributed by atoms with E-state index in [4.69, 9.17) is 0 Å². The van der Waals surface area contributed by atoms with Crippen molar-refractivity contribution >= 4 is 11.4 Å². The second kappa shape index (κ2) is 7.95. The molecule has 4 heteroatoms. The van der Waals surface area contributed by atoms with Gasteiger partial charge in [-0.2, -0.15) is 0 Å². The molecular weight excluding hydrogens is 344 g/mol. The quantitative estimate of drug-likeness (QED) is 0.669. The number of benzene rings is 2. The van der Waals surface area contributed by atoms with Gasteiger partial charge >= 0.3 is 0 Å². The molecule has 0 unspecified atom stereocenters. The van der Waals surface area contributed by atoms with E-state index < -0.39 is 0 Å². The molecule has 4 rings (SSSR count). The molecule has 1 aliphatic rings. The van der Waals surface area contributed by atoms with Crippen molar-refractivity contribution in [1.29, 1.82) is 0 Å². The average molecular weight is 373 g/mol. The Balaban J connectivity index is 1.55. The van der Waals surface area contributed by atoms with Crippen LogP contribution in [0.1, 0.15) is 27.9 Å². The van der Waals surface area contributed by atoms with Crippen LogP contribution in [0.3, 0.4) is 0 Å². The second-order valence-electron chi connectivity index (χ2n) is 7.79. The molecule has 0 radical (unpaired) electrons. The number of anilines is 1. The third-order valence-electron chi connectivity index (χ3n) is 5.07. The number of nitrogens with zero attached hydrogens (tertiary/aromatic N) is 2. The van der Waals surface area contributed by atoms with E-state index in [0.717, 1.165) is 25.3 Å². The lowest BCUT2D eigenvalue weighted by Gasteiger charge is -2.28. The summed E-state index contributed by atoms with van der Waals surface area (Å²) in [5, 5.41) is 3.64. The van der Waals surface area contributed by atoms with Crippen molar-refractivity contribution in [1.82, 2.24) is 15.2 Å². The third kappa shape index (κ3) is 4.12. The molecule has 0 amide bonds. The van der Waals surface area contributed by atoms with Gasteiger partial charge < -0.3 is 20.1 Å². The number of hydrogen-bond acceptors (Lipinski definition) is 3. The Morgan fingerprint density at radius 1 is 1.04 bits per heavy atom. The zero-order valence-corrected chi connectivity index (χ0v) is 16.9. The van der Waals surface area contributed by atoms with Crippen molar-refractivity contribution < 1.29 is 0 Å². The minimum absolute atomic E-state index is 0.813. The monoisotopic (exact) mass is 372 g/mol. The van der Waals surface area contributed by atoms with Crippen molar-refractivity contribution in [2.45, 2.75) is 26.6 Å². The van der Waals surface area contributed by atoms with Crippen LogP contribution in [0.2, 0.25) is 0 Å². The number of aromatic amines is 1. The highest BCUT2D eigenvalue weighted by Crippen LogP contribution is 2.28. The first-order valence-electron chi connectivity index (χ1n) is 9.76. The predicted octanol–water partition coefficient (Wildman–Crippen LogP) is 4.49. The maximum absolute atomic E-state index is 3.64. The zero-order chi connectivity index (χ0) is 19.5. The summed E-state index contributed by atoms with van der Waals surface area (Å²) in [7, 11) is 4.19. The molecule has 28 heavy (non-hydrogen) atoms. The standard InChI is InChI=1S/C24H28N4/c1-18-5-4-6-20(13-18)14-26-24-17-28(16-23-22(24)11-12-25-23)21-9-7-19(8-10-21)15-27(2)3/h4-13,17,25-26H,14-16H2,1-3H3. The highest BCUT2D eigenvalue weighted by molar-refractivity contribution is 5.72. The van der Waals surface area contributed by atoms with Crippen molar-refractivity contribution in [2.75, 3.05) is 19.0 Å². The van der Waals surface area contributed by atoms with E-state index >= 15 is 0 Å². The Morgan fingerprint density at radius 3 is 2.61 bits per heavy atom. The molecule has 0 saturated heterocycles. The smallest absolute Gasteiger partial charge is 0.0634 e. The number of rotatable bonds is 6. The van der Waals surface area contributed by atoms with E-state index in [0.29, 0.717) is 0 Å². The Bertz CT molecular complexity index is 966. The molecule has 3 aromatic rings. The number of H-pyrrole nitrogens is 1. The Kier molecular flexibility index (Phi) is 5.22. The normalized spacial score (nSPS) is 13.4. The maximum atomic E-state index is 3.64. The maximum Gasteiger partial charge on any atom is 0.0634 e. The first-order valence-corrected chi connectivity index (χ1v) is 9.76. The summed E-state index contributed by atoms with van der Waals surface area (Å²) in [5.74, 6) is 0. The molecule has 4 nitrogen and oxygen atoms in total. The summed E-state index contributed by atoms with van der Waals surface area (Å²) in [5.41, 5.74) is 8.77. The molecular formula is C24H28N4. The topological polar surface area (TPSA) is 34.3 Å². The van der Waals surface area contributed by atoms with Gasteiger partial charge in [0.15, 0.2) is 0 Å². The summed E-state index contributed by atoms with van der Waals surface area (Å²) >= 11 is 0. The molecule has 0 fully saturated rings. The van der Waals surface area contributed by atoms with E-state index in [1.165, 1.54) is 33.6 Å². The van der Waals surface area contributed by atoms with Gasteiger partial charge in [0.2, 0.25) is 0 Å². The SMILES string of the molecule is Cc1cccc(CNC2=CN(c3ccc(CN(C)C)cc3)Cc3[nH]ccc32)c1. The molecule has 0 atom stereocenters. The van der Waals surface area contributed by atoms with Gasteiger partial charge in [0.1, 0.15) is 0 Å². The molecule has 144 valence electrons. The molecule has 0 aliphatic carbocycles. The number of aryl methyl sites for hydroxylation is 1. The molecule has 2 heterocycles. The Morgan fingerprint density at radius 2 is 1.86 bits per heavy atom. The minimum atomic E-state index is 0.813. The fraction of sp³-hybridized carbons (Fsp3) is 0.250. The van der Waals surface area contributed by atoms with Crippen molar-refractivity contribution in [3.63, 3.8) is 0 Å². The van der Waals surface area contributed by atoms with Gasteiger partial charge in [-0.15, -0.1) is 0 Å². The third-order valence-corrected chi connectivity index (χ3v) is 5.07. The molecule has 0 saturated carbocycles. The van der Waals surface area contributed by atoms with Crippen molar-refractivity contribution in [3.8, 4) is 0 Å². The minimum Gasteiger partial charge on any atom is -0.379 e. The predicted molar refractivity (Wildman–Crippen MR) is 117 cm³/mol. The van der Waals surface area contributed by atoms with Crippen LogP contribution in [0.15, 0.2) is 67.0 Å². The van der Waals surface area contributed by atoms with Crippen LogP contribution in [-0.4, -0.2) is 24.0 Å². The summed E-state index contributed by atoms with van der Waals surface area (Å²) in [6.07, 6.45) is 4.25. The first kappa shape index (κ1) is 18.4. The van der Waals surface area contributed by atoms with E-state index in [2.05, 4.69) is 102 Å². The fourth-order valence-corrected chi connectivity index (χ4v) is 3.71. The molecule has 2 N–H and O–H groups in total. The largest absolute Gasteiger partial charge is 0.379 e. The lowest BCUT2D eigenvalue weighted by atomic mass is 10.1. The van der Waals surface area contributed by atoms with Crippen LogP contribution in [0.25, 0.3) is 5.70 Å².